The highest BCUT2D eigenvalue weighted by Crippen LogP contribution is 2.46. The molecule has 2 aliphatic rings. The van der Waals surface area contributed by atoms with Crippen molar-refractivity contribution in [3.05, 3.63) is 90.6 Å². The second-order valence-corrected chi connectivity index (χ2v) is 13.9. The molecular formula is C33H30N8O3S. The first kappa shape index (κ1) is 27.4. The highest BCUT2D eigenvalue weighted by atomic mass is 32.2. The van der Waals surface area contributed by atoms with Crippen molar-refractivity contribution < 1.29 is 13.2 Å². The van der Waals surface area contributed by atoms with Crippen molar-refractivity contribution in [3.8, 4) is 22.4 Å². The van der Waals surface area contributed by atoms with E-state index in [-0.39, 0.29) is 34.6 Å². The first-order valence-corrected chi connectivity index (χ1v) is 16.8. The number of fused-ring (bicyclic) bond motifs is 4. The SMILES string of the molecule is CS(=O)(=O)c1c(C2CC3CCC(C2)N3C(=O)c2cc3cccnc3[nH]2)nc2c(-c3ccc(-c4ccccc4)nc3)cnn2c1N. The number of piperidine rings is 1. The Morgan fingerprint density at radius 2 is 1.73 bits per heavy atom. The molecule has 0 spiro atoms. The summed E-state index contributed by atoms with van der Waals surface area (Å²) in [6.07, 6.45) is 9.12. The number of aromatic nitrogens is 6. The topological polar surface area (TPSA) is 152 Å². The van der Waals surface area contributed by atoms with Gasteiger partial charge in [-0.2, -0.15) is 9.61 Å². The summed E-state index contributed by atoms with van der Waals surface area (Å²) in [5.74, 6) is -0.224. The van der Waals surface area contributed by atoms with Gasteiger partial charge >= 0.3 is 0 Å². The molecule has 1 amide bonds. The zero-order valence-corrected chi connectivity index (χ0v) is 25.3. The minimum Gasteiger partial charge on any atom is -0.382 e. The van der Waals surface area contributed by atoms with Gasteiger partial charge in [-0.15, -0.1) is 0 Å². The van der Waals surface area contributed by atoms with Crippen LogP contribution >= 0.6 is 0 Å². The number of nitrogens with two attached hydrogens (primary N) is 1. The minimum absolute atomic E-state index is 0.00747. The van der Waals surface area contributed by atoms with Crippen molar-refractivity contribution in [1.29, 1.82) is 0 Å². The van der Waals surface area contributed by atoms with E-state index in [1.807, 2.05) is 65.6 Å². The van der Waals surface area contributed by atoms with E-state index >= 15 is 0 Å². The van der Waals surface area contributed by atoms with E-state index in [2.05, 4.69) is 20.1 Å². The summed E-state index contributed by atoms with van der Waals surface area (Å²) in [7, 11) is -3.75. The zero-order valence-electron chi connectivity index (χ0n) is 24.5. The van der Waals surface area contributed by atoms with Crippen LogP contribution in [0.3, 0.4) is 0 Å². The molecule has 11 nitrogen and oxygen atoms in total. The summed E-state index contributed by atoms with van der Waals surface area (Å²) in [5.41, 5.74) is 12.0. The molecule has 45 heavy (non-hydrogen) atoms. The van der Waals surface area contributed by atoms with Crippen molar-refractivity contribution >= 4 is 38.2 Å². The number of nitrogens with zero attached hydrogens (tertiary/aromatic N) is 6. The quantitative estimate of drug-likeness (QED) is 0.278. The summed E-state index contributed by atoms with van der Waals surface area (Å²) in [6, 6.07) is 19.3. The molecule has 7 heterocycles. The number of aromatic amines is 1. The summed E-state index contributed by atoms with van der Waals surface area (Å²) >= 11 is 0. The van der Waals surface area contributed by atoms with E-state index in [0.717, 1.165) is 41.3 Å². The molecule has 5 aromatic heterocycles. The Balaban J connectivity index is 1.16. The van der Waals surface area contributed by atoms with Gasteiger partial charge in [-0.25, -0.2) is 18.4 Å². The van der Waals surface area contributed by atoms with Gasteiger partial charge in [0.25, 0.3) is 5.91 Å². The predicted octanol–water partition coefficient (Wildman–Crippen LogP) is 4.87. The van der Waals surface area contributed by atoms with Gasteiger partial charge in [0.2, 0.25) is 0 Å². The highest BCUT2D eigenvalue weighted by molar-refractivity contribution is 7.91. The Morgan fingerprint density at radius 1 is 0.956 bits per heavy atom. The van der Waals surface area contributed by atoms with Gasteiger partial charge in [0, 0.05) is 58.7 Å². The lowest BCUT2D eigenvalue weighted by Gasteiger charge is -2.39. The van der Waals surface area contributed by atoms with E-state index in [9.17, 15) is 13.2 Å². The molecule has 2 saturated heterocycles. The van der Waals surface area contributed by atoms with Gasteiger partial charge in [0.05, 0.1) is 17.6 Å². The van der Waals surface area contributed by atoms with E-state index < -0.39 is 9.84 Å². The van der Waals surface area contributed by atoms with Crippen LogP contribution in [0.25, 0.3) is 39.1 Å². The third kappa shape index (κ3) is 4.55. The van der Waals surface area contributed by atoms with Crippen molar-refractivity contribution in [3.63, 3.8) is 0 Å². The number of benzene rings is 1. The largest absolute Gasteiger partial charge is 0.382 e. The summed E-state index contributed by atoms with van der Waals surface area (Å²) in [5, 5.41) is 5.32. The Morgan fingerprint density at radius 3 is 2.42 bits per heavy atom. The number of hydrogen-bond acceptors (Lipinski definition) is 8. The molecule has 2 fully saturated rings. The van der Waals surface area contributed by atoms with Gasteiger partial charge in [-0.05, 0) is 49.9 Å². The molecule has 1 aromatic carbocycles. The molecule has 2 aliphatic heterocycles. The van der Waals surface area contributed by atoms with Gasteiger partial charge < -0.3 is 15.6 Å². The van der Waals surface area contributed by atoms with Gasteiger partial charge in [0.1, 0.15) is 22.1 Å². The van der Waals surface area contributed by atoms with E-state index in [4.69, 9.17) is 10.7 Å². The van der Waals surface area contributed by atoms with Crippen molar-refractivity contribution in [2.45, 2.75) is 48.6 Å². The third-order valence-electron chi connectivity index (χ3n) is 9.16. The lowest BCUT2D eigenvalue weighted by atomic mass is 9.87. The van der Waals surface area contributed by atoms with Crippen LogP contribution in [-0.4, -0.2) is 67.1 Å². The normalized spacial score (nSPS) is 19.8. The average Bonchev–Trinajstić information content (AvgIpc) is 3.74. The van der Waals surface area contributed by atoms with Crippen molar-refractivity contribution in [1.82, 2.24) is 34.4 Å². The number of rotatable bonds is 5. The second kappa shape index (κ2) is 10.2. The zero-order chi connectivity index (χ0) is 30.9. The Labute approximate surface area is 259 Å². The summed E-state index contributed by atoms with van der Waals surface area (Å²) in [6.45, 7) is 0. The van der Waals surface area contributed by atoms with Crippen LogP contribution in [0, 0.1) is 0 Å². The maximum absolute atomic E-state index is 13.7. The molecule has 6 aromatic rings. The molecule has 0 aliphatic carbocycles. The third-order valence-corrected chi connectivity index (χ3v) is 10.3. The number of pyridine rings is 2. The number of nitrogens with one attached hydrogen (secondary N) is 1. The Hall–Kier alpha value is -5.10. The molecule has 0 radical (unpaired) electrons. The van der Waals surface area contributed by atoms with Crippen LogP contribution in [0.5, 0.6) is 0 Å². The molecule has 2 unspecified atom stereocenters. The monoisotopic (exact) mass is 618 g/mol. The molecule has 2 bridgehead atoms. The van der Waals surface area contributed by atoms with Gasteiger partial charge in [-0.1, -0.05) is 36.4 Å². The number of carbonyl (C=O) groups excluding carboxylic acids is 1. The minimum atomic E-state index is -3.75. The number of H-pyrrole nitrogens is 1. The maximum atomic E-state index is 13.7. The van der Waals surface area contributed by atoms with Crippen LogP contribution in [0.2, 0.25) is 0 Å². The molecular weight excluding hydrogens is 588 g/mol. The van der Waals surface area contributed by atoms with E-state index in [0.29, 0.717) is 41.1 Å². The highest BCUT2D eigenvalue weighted by Gasteiger charge is 2.46. The fraction of sp³-hybridized carbons (Fsp3) is 0.242. The van der Waals surface area contributed by atoms with Crippen LogP contribution in [0.1, 0.15) is 47.8 Å². The number of sulfone groups is 1. The number of amides is 1. The second-order valence-electron chi connectivity index (χ2n) is 12.0. The first-order chi connectivity index (χ1) is 21.8. The lowest BCUT2D eigenvalue weighted by Crippen LogP contribution is -2.46. The fourth-order valence-corrected chi connectivity index (χ4v) is 8.21. The fourth-order valence-electron chi connectivity index (χ4n) is 7.16. The molecule has 12 heteroatoms. The number of nitrogen functional groups attached to an aromatic ring is 1. The Kier molecular flexibility index (Phi) is 6.24. The van der Waals surface area contributed by atoms with Crippen LogP contribution in [0.4, 0.5) is 5.82 Å². The van der Waals surface area contributed by atoms with Gasteiger partial charge in [0.15, 0.2) is 15.5 Å². The van der Waals surface area contributed by atoms with E-state index in [1.54, 1.807) is 18.6 Å². The first-order valence-electron chi connectivity index (χ1n) is 14.9. The molecule has 8 rings (SSSR count). The Bertz CT molecular complexity index is 2160. The number of carbonyl (C=O) groups is 1. The van der Waals surface area contributed by atoms with Crippen LogP contribution < -0.4 is 5.73 Å². The maximum Gasteiger partial charge on any atom is 0.270 e. The van der Waals surface area contributed by atoms with Crippen molar-refractivity contribution in [2.24, 2.45) is 0 Å². The smallest absolute Gasteiger partial charge is 0.270 e. The number of anilines is 1. The molecule has 0 saturated carbocycles. The standard InChI is InChI=1S/C33H30N8O3S/c1-45(43,44)29-28(22-14-23-10-11-24(15-22)40(23)33(42)27-16-20-8-5-13-35-31(20)38-27)39-32-25(18-37-41(32)30(29)34)21-9-12-26(36-17-21)19-6-3-2-4-7-19/h2-9,12-13,16-18,22-24H,10-11,14-15,34H2,1H3,(H,35,38). The lowest BCUT2D eigenvalue weighted by molar-refractivity contribution is 0.0563. The number of hydrogen-bond donors (Lipinski definition) is 2. The average molecular weight is 619 g/mol. The predicted molar refractivity (Wildman–Crippen MR) is 170 cm³/mol. The summed E-state index contributed by atoms with van der Waals surface area (Å²) in [4.78, 5) is 32.8. The van der Waals surface area contributed by atoms with E-state index in [1.165, 1.54) is 4.52 Å². The molecule has 2 atom stereocenters. The summed E-state index contributed by atoms with van der Waals surface area (Å²) < 4.78 is 27.8. The van der Waals surface area contributed by atoms with Gasteiger partial charge in [-0.3, -0.25) is 9.78 Å². The van der Waals surface area contributed by atoms with Crippen molar-refractivity contribution in [2.75, 3.05) is 12.0 Å². The van der Waals surface area contributed by atoms with Crippen LogP contribution in [0.15, 0.2) is 84.1 Å². The molecule has 3 N–H and O–H groups in total. The van der Waals surface area contributed by atoms with Crippen LogP contribution in [-0.2, 0) is 9.84 Å². The molecule has 226 valence electrons.